The van der Waals surface area contributed by atoms with E-state index in [2.05, 4.69) is 5.32 Å². The first-order valence-corrected chi connectivity index (χ1v) is 5.85. The van der Waals surface area contributed by atoms with Crippen LogP contribution in [-0.4, -0.2) is 42.2 Å². The van der Waals surface area contributed by atoms with E-state index in [9.17, 15) is 10.2 Å². The van der Waals surface area contributed by atoms with Crippen LogP contribution in [0.25, 0.3) is 0 Å². The molecule has 17 heavy (non-hydrogen) atoms. The Labute approximate surface area is 101 Å². The van der Waals surface area contributed by atoms with E-state index >= 15 is 0 Å². The van der Waals surface area contributed by atoms with Crippen molar-refractivity contribution >= 4 is 0 Å². The standard InChI is InChI=1S/C13H19NO3/c1-13(9-15,10-5-3-2-4-6-10)14-11-7-17-8-12(11)16/h2-6,11-12,14-16H,7-9H2,1H3. The third-order valence-corrected chi connectivity index (χ3v) is 3.28. The van der Waals surface area contributed by atoms with Crippen LogP contribution in [0.3, 0.4) is 0 Å². The van der Waals surface area contributed by atoms with E-state index in [-0.39, 0.29) is 12.6 Å². The average molecular weight is 237 g/mol. The molecule has 0 spiro atoms. The molecular weight excluding hydrogens is 218 g/mol. The van der Waals surface area contributed by atoms with Crippen LogP contribution in [0.4, 0.5) is 0 Å². The van der Waals surface area contributed by atoms with Gasteiger partial charge in [0.2, 0.25) is 0 Å². The molecule has 4 nitrogen and oxygen atoms in total. The Morgan fingerprint density at radius 2 is 2.06 bits per heavy atom. The topological polar surface area (TPSA) is 61.7 Å². The Morgan fingerprint density at radius 3 is 2.59 bits per heavy atom. The lowest BCUT2D eigenvalue weighted by Crippen LogP contribution is -2.52. The van der Waals surface area contributed by atoms with Crippen molar-refractivity contribution in [3.8, 4) is 0 Å². The van der Waals surface area contributed by atoms with Gasteiger partial charge in [0.15, 0.2) is 0 Å². The number of benzene rings is 1. The van der Waals surface area contributed by atoms with Crippen LogP contribution in [-0.2, 0) is 10.3 Å². The Bertz CT molecular complexity index is 357. The normalized spacial score (nSPS) is 27.9. The highest BCUT2D eigenvalue weighted by Gasteiger charge is 2.34. The van der Waals surface area contributed by atoms with E-state index in [1.54, 1.807) is 0 Å². The van der Waals surface area contributed by atoms with E-state index < -0.39 is 11.6 Å². The zero-order valence-corrected chi connectivity index (χ0v) is 9.97. The lowest BCUT2D eigenvalue weighted by molar-refractivity contribution is 0.105. The number of nitrogens with one attached hydrogen (secondary N) is 1. The van der Waals surface area contributed by atoms with E-state index in [0.29, 0.717) is 13.2 Å². The first kappa shape index (κ1) is 12.5. The molecule has 1 aromatic carbocycles. The maximum absolute atomic E-state index is 9.73. The number of hydrogen-bond acceptors (Lipinski definition) is 4. The second kappa shape index (κ2) is 5.14. The summed E-state index contributed by atoms with van der Waals surface area (Å²) in [6.45, 7) is 2.73. The van der Waals surface area contributed by atoms with Gasteiger partial charge in [-0.15, -0.1) is 0 Å². The monoisotopic (exact) mass is 237 g/mol. The molecule has 1 aliphatic rings. The fourth-order valence-electron chi connectivity index (χ4n) is 2.12. The first-order chi connectivity index (χ1) is 8.15. The summed E-state index contributed by atoms with van der Waals surface area (Å²) in [5.74, 6) is 0. The van der Waals surface area contributed by atoms with Gasteiger partial charge in [-0.3, -0.25) is 5.32 Å². The molecule has 1 aliphatic heterocycles. The maximum atomic E-state index is 9.73. The molecule has 1 saturated heterocycles. The average Bonchev–Trinajstić information content (AvgIpc) is 2.76. The van der Waals surface area contributed by atoms with Crippen molar-refractivity contribution in [1.82, 2.24) is 5.32 Å². The molecule has 3 N–H and O–H groups in total. The van der Waals surface area contributed by atoms with E-state index in [4.69, 9.17) is 4.74 Å². The highest BCUT2D eigenvalue weighted by atomic mass is 16.5. The van der Waals surface area contributed by atoms with Gasteiger partial charge in [-0.1, -0.05) is 30.3 Å². The largest absolute Gasteiger partial charge is 0.394 e. The van der Waals surface area contributed by atoms with Crippen LogP contribution in [0, 0.1) is 0 Å². The quantitative estimate of drug-likeness (QED) is 0.702. The third-order valence-electron chi connectivity index (χ3n) is 3.28. The van der Waals surface area contributed by atoms with E-state index in [1.807, 2.05) is 37.3 Å². The molecule has 0 aromatic heterocycles. The molecule has 94 valence electrons. The van der Waals surface area contributed by atoms with Crippen molar-refractivity contribution in [2.24, 2.45) is 0 Å². The highest BCUT2D eigenvalue weighted by Crippen LogP contribution is 2.22. The van der Waals surface area contributed by atoms with Crippen LogP contribution in [0.5, 0.6) is 0 Å². The SMILES string of the molecule is CC(CO)(NC1COCC1O)c1ccccc1. The molecular formula is C13H19NO3. The molecule has 0 saturated carbocycles. The molecule has 0 bridgehead atoms. The summed E-state index contributed by atoms with van der Waals surface area (Å²) in [5, 5.41) is 22.6. The molecule has 0 amide bonds. The van der Waals surface area contributed by atoms with Crippen molar-refractivity contribution in [2.45, 2.75) is 24.6 Å². The van der Waals surface area contributed by atoms with Gasteiger partial charge in [-0.25, -0.2) is 0 Å². The predicted octanol–water partition coefficient (Wildman–Crippen LogP) is 0.243. The van der Waals surface area contributed by atoms with Crippen molar-refractivity contribution < 1.29 is 14.9 Å². The zero-order chi connectivity index (χ0) is 12.3. The minimum Gasteiger partial charge on any atom is -0.394 e. The molecule has 4 heteroatoms. The van der Waals surface area contributed by atoms with Crippen molar-refractivity contribution in [3.63, 3.8) is 0 Å². The van der Waals surface area contributed by atoms with Crippen molar-refractivity contribution in [3.05, 3.63) is 35.9 Å². The Hall–Kier alpha value is -0.940. The van der Waals surface area contributed by atoms with E-state index in [0.717, 1.165) is 5.56 Å². The Balaban J connectivity index is 2.14. The number of ether oxygens (including phenoxy) is 1. The van der Waals surface area contributed by atoms with Crippen molar-refractivity contribution in [1.29, 1.82) is 0 Å². The van der Waals surface area contributed by atoms with Crippen molar-refractivity contribution in [2.75, 3.05) is 19.8 Å². The van der Waals surface area contributed by atoms with Crippen LogP contribution >= 0.6 is 0 Å². The van der Waals surface area contributed by atoms with Gasteiger partial charge in [0.1, 0.15) is 0 Å². The lowest BCUT2D eigenvalue weighted by Gasteiger charge is -2.33. The minimum absolute atomic E-state index is 0.0275. The molecule has 0 radical (unpaired) electrons. The fourth-order valence-corrected chi connectivity index (χ4v) is 2.12. The second-order valence-corrected chi connectivity index (χ2v) is 4.71. The molecule has 3 unspecified atom stereocenters. The molecule has 0 aliphatic carbocycles. The highest BCUT2D eigenvalue weighted by molar-refractivity contribution is 5.24. The summed E-state index contributed by atoms with van der Waals surface area (Å²) >= 11 is 0. The lowest BCUT2D eigenvalue weighted by atomic mass is 9.91. The van der Waals surface area contributed by atoms with Gasteiger partial charge in [-0.05, 0) is 12.5 Å². The molecule has 1 aromatic rings. The first-order valence-electron chi connectivity index (χ1n) is 5.85. The summed E-state index contributed by atoms with van der Waals surface area (Å²) in [6.07, 6.45) is -0.510. The van der Waals surface area contributed by atoms with Gasteiger partial charge in [0, 0.05) is 0 Å². The summed E-state index contributed by atoms with van der Waals surface area (Å²) < 4.78 is 5.20. The minimum atomic E-state index is -0.555. The maximum Gasteiger partial charge on any atom is 0.0948 e. The van der Waals surface area contributed by atoms with Crippen LogP contribution in [0.1, 0.15) is 12.5 Å². The number of hydrogen-bond donors (Lipinski definition) is 3. The van der Waals surface area contributed by atoms with Gasteiger partial charge in [0.05, 0.1) is 37.5 Å². The van der Waals surface area contributed by atoms with E-state index in [1.165, 1.54) is 0 Å². The Morgan fingerprint density at radius 1 is 1.35 bits per heavy atom. The molecule has 3 atom stereocenters. The summed E-state index contributed by atoms with van der Waals surface area (Å²) in [6, 6.07) is 9.61. The molecule has 2 rings (SSSR count). The van der Waals surface area contributed by atoms with Crippen LogP contribution in [0.2, 0.25) is 0 Å². The second-order valence-electron chi connectivity index (χ2n) is 4.71. The van der Waals surface area contributed by atoms with Gasteiger partial charge in [0.25, 0.3) is 0 Å². The summed E-state index contributed by atoms with van der Waals surface area (Å²) in [4.78, 5) is 0. The number of aliphatic hydroxyl groups is 2. The third kappa shape index (κ3) is 2.66. The van der Waals surface area contributed by atoms with Gasteiger partial charge in [-0.2, -0.15) is 0 Å². The predicted molar refractivity (Wildman–Crippen MR) is 64.6 cm³/mol. The number of aliphatic hydroxyl groups excluding tert-OH is 2. The zero-order valence-electron chi connectivity index (χ0n) is 9.97. The fraction of sp³-hybridized carbons (Fsp3) is 0.538. The summed E-state index contributed by atoms with van der Waals surface area (Å²) in [7, 11) is 0. The van der Waals surface area contributed by atoms with Crippen LogP contribution in [0.15, 0.2) is 30.3 Å². The molecule has 1 fully saturated rings. The van der Waals surface area contributed by atoms with Gasteiger partial charge < -0.3 is 14.9 Å². The van der Waals surface area contributed by atoms with Crippen LogP contribution < -0.4 is 5.32 Å². The van der Waals surface area contributed by atoms with Gasteiger partial charge >= 0.3 is 0 Å². The summed E-state index contributed by atoms with van der Waals surface area (Å²) in [5.41, 5.74) is 0.447. The Kier molecular flexibility index (Phi) is 3.79. The number of rotatable bonds is 4. The smallest absolute Gasteiger partial charge is 0.0948 e. The molecule has 1 heterocycles.